The molecule has 2 rings (SSSR count). The van der Waals surface area contributed by atoms with Crippen LogP contribution in [0, 0.1) is 0 Å². The Balaban J connectivity index is 2.01. The molecule has 20 heavy (non-hydrogen) atoms. The third kappa shape index (κ3) is 3.38. The van der Waals surface area contributed by atoms with Gasteiger partial charge >= 0.3 is 5.97 Å². The molecule has 0 spiro atoms. The average molecular weight is 275 g/mol. The number of carboxylic acid groups (broad SMARTS) is 1. The standard InChI is InChI=1S/C16H21NO3/c1-2-14-5-3-4-10-17(14)15(18)11-12-6-8-13(9-7-12)16(19)20/h6-9,14H,2-5,10-11H2,1H3,(H,19,20). The molecule has 1 aromatic rings. The van der Waals surface area contributed by atoms with Crippen molar-refractivity contribution in [3.63, 3.8) is 0 Å². The molecular weight excluding hydrogens is 254 g/mol. The Morgan fingerprint density at radius 3 is 2.55 bits per heavy atom. The summed E-state index contributed by atoms with van der Waals surface area (Å²) >= 11 is 0. The Morgan fingerprint density at radius 2 is 1.95 bits per heavy atom. The molecule has 0 radical (unpaired) electrons. The Bertz CT molecular complexity index is 481. The number of carbonyl (C=O) groups excluding carboxylic acids is 1. The molecule has 1 aliphatic rings. The molecule has 1 aliphatic heterocycles. The highest BCUT2D eigenvalue weighted by molar-refractivity contribution is 5.87. The number of rotatable bonds is 4. The zero-order valence-corrected chi connectivity index (χ0v) is 11.8. The second-order valence-electron chi connectivity index (χ2n) is 5.32. The van der Waals surface area contributed by atoms with Gasteiger partial charge in [0.05, 0.1) is 12.0 Å². The number of aromatic carboxylic acids is 1. The van der Waals surface area contributed by atoms with Gasteiger partial charge in [0.15, 0.2) is 0 Å². The van der Waals surface area contributed by atoms with E-state index in [2.05, 4.69) is 6.92 Å². The van der Waals surface area contributed by atoms with E-state index in [-0.39, 0.29) is 11.5 Å². The fourth-order valence-corrected chi connectivity index (χ4v) is 2.79. The molecule has 0 bridgehead atoms. The number of carbonyl (C=O) groups is 2. The second-order valence-corrected chi connectivity index (χ2v) is 5.32. The van der Waals surface area contributed by atoms with Gasteiger partial charge in [0.25, 0.3) is 0 Å². The zero-order valence-electron chi connectivity index (χ0n) is 11.8. The maximum atomic E-state index is 12.4. The molecule has 1 amide bonds. The summed E-state index contributed by atoms with van der Waals surface area (Å²) in [6.07, 6.45) is 4.75. The minimum atomic E-state index is -0.940. The molecule has 1 atom stereocenters. The van der Waals surface area contributed by atoms with Gasteiger partial charge in [-0.2, -0.15) is 0 Å². The van der Waals surface area contributed by atoms with Gasteiger partial charge in [-0.05, 0) is 43.4 Å². The monoisotopic (exact) mass is 275 g/mol. The highest BCUT2D eigenvalue weighted by Crippen LogP contribution is 2.20. The molecule has 1 fully saturated rings. The lowest BCUT2D eigenvalue weighted by atomic mass is 9.99. The van der Waals surface area contributed by atoms with Gasteiger partial charge in [-0.15, -0.1) is 0 Å². The molecular formula is C16H21NO3. The first-order valence-corrected chi connectivity index (χ1v) is 7.23. The second kappa shape index (κ2) is 6.55. The summed E-state index contributed by atoms with van der Waals surface area (Å²) in [5.74, 6) is -0.787. The van der Waals surface area contributed by atoms with Gasteiger partial charge in [-0.25, -0.2) is 4.79 Å². The summed E-state index contributed by atoms with van der Waals surface area (Å²) in [6, 6.07) is 6.93. The maximum Gasteiger partial charge on any atom is 0.335 e. The number of nitrogens with zero attached hydrogens (tertiary/aromatic N) is 1. The highest BCUT2D eigenvalue weighted by Gasteiger charge is 2.25. The van der Waals surface area contributed by atoms with Crippen LogP contribution in [0.25, 0.3) is 0 Å². The minimum Gasteiger partial charge on any atom is -0.478 e. The number of carboxylic acids is 1. The lowest BCUT2D eigenvalue weighted by Gasteiger charge is -2.35. The van der Waals surface area contributed by atoms with Crippen LogP contribution in [0.15, 0.2) is 24.3 Å². The van der Waals surface area contributed by atoms with Crippen LogP contribution in [0.3, 0.4) is 0 Å². The number of hydrogen-bond donors (Lipinski definition) is 1. The topological polar surface area (TPSA) is 57.6 Å². The van der Waals surface area contributed by atoms with Crippen molar-refractivity contribution in [1.82, 2.24) is 4.90 Å². The summed E-state index contributed by atoms with van der Waals surface area (Å²) in [5, 5.41) is 8.85. The number of piperidine rings is 1. The van der Waals surface area contributed by atoms with Crippen molar-refractivity contribution in [2.75, 3.05) is 6.54 Å². The maximum absolute atomic E-state index is 12.4. The van der Waals surface area contributed by atoms with E-state index in [1.807, 2.05) is 4.90 Å². The van der Waals surface area contributed by atoms with Gasteiger partial charge < -0.3 is 10.0 Å². The fraction of sp³-hybridized carbons (Fsp3) is 0.500. The van der Waals surface area contributed by atoms with Crippen molar-refractivity contribution in [3.05, 3.63) is 35.4 Å². The van der Waals surface area contributed by atoms with Crippen molar-refractivity contribution in [3.8, 4) is 0 Å². The molecule has 0 saturated carbocycles. The first kappa shape index (κ1) is 14.6. The van der Waals surface area contributed by atoms with Gasteiger partial charge in [0.2, 0.25) is 5.91 Å². The first-order chi connectivity index (χ1) is 9.61. The quantitative estimate of drug-likeness (QED) is 0.919. The van der Waals surface area contributed by atoms with Crippen molar-refractivity contribution in [1.29, 1.82) is 0 Å². The molecule has 1 unspecified atom stereocenters. The van der Waals surface area contributed by atoms with Gasteiger partial charge in [0.1, 0.15) is 0 Å². The van der Waals surface area contributed by atoms with Crippen LogP contribution >= 0.6 is 0 Å². The fourth-order valence-electron chi connectivity index (χ4n) is 2.79. The van der Waals surface area contributed by atoms with Crippen LogP contribution < -0.4 is 0 Å². The Kier molecular flexibility index (Phi) is 4.77. The SMILES string of the molecule is CCC1CCCCN1C(=O)Cc1ccc(C(=O)O)cc1. The van der Waals surface area contributed by atoms with Crippen molar-refractivity contribution in [2.45, 2.75) is 45.1 Å². The smallest absolute Gasteiger partial charge is 0.335 e. The van der Waals surface area contributed by atoms with E-state index in [9.17, 15) is 9.59 Å². The Morgan fingerprint density at radius 1 is 1.25 bits per heavy atom. The molecule has 1 N–H and O–H groups in total. The third-order valence-electron chi connectivity index (χ3n) is 3.97. The van der Waals surface area contributed by atoms with E-state index < -0.39 is 5.97 Å². The Labute approximate surface area is 119 Å². The van der Waals surface area contributed by atoms with Crippen LogP contribution in [0.4, 0.5) is 0 Å². The number of benzene rings is 1. The van der Waals surface area contributed by atoms with Gasteiger partial charge in [-0.1, -0.05) is 19.1 Å². The van der Waals surface area contributed by atoms with Crippen LogP contribution in [0.1, 0.15) is 48.5 Å². The summed E-state index contributed by atoms with van der Waals surface area (Å²) in [5.41, 5.74) is 1.13. The molecule has 1 saturated heterocycles. The number of likely N-dealkylation sites (tertiary alicyclic amines) is 1. The molecule has 0 aromatic heterocycles. The molecule has 108 valence electrons. The summed E-state index contributed by atoms with van der Waals surface area (Å²) in [6.45, 7) is 2.97. The first-order valence-electron chi connectivity index (χ1n) is 7.23. The lowest BCUT2D eigenvalue weighted by Crippen LogP contribution is -2.44. The molecule has 1 aromatic carbocycles. The minimum absolute atomic E-state index is 0.152. The number of amides is 1. The lowest BCUT2D eigenvalue weighted by molar-refractivity contribution is -0.134. The van der Waals surface area contributed by atoms with E-state index in [1.54, 1.807) is 24.3 Å². The van der Waals surface area contributed by atoms with E-state index in [4.69, 9.17) is 5.11 Å². The molecule has 0 aliphatic carbocycles. The predicted molar refractivity (Wildman–Crippen MR) is 76.7 cm³/mol. The van der Waals surface area contributed by atoms with Crippen molar-refractivity contribution < 1.29 is 14.7 Å². The van der Waals surface area contributed by atoms with Crippen molar-refractivity contribution >= 4 is 11.9 Å². The zero-order chi connectivity index (χ0) is 14.5. The Hall–Kier alpha value is -1.84. The van der Waals surface area contributed by atoms with Gasteiger partial charge in [0, 0.05) is 12.6 Å². The predicted octanol–water partition coefficient (Wildman–Crippen LogP) is 2.72. The summed E-state index contributed by atoms with van der Waals surface area (Å²) in [7, 11) is 0. The third-order valence-corrected chi connectivity index (χ3v) is 3.97. The highest BCUT2D eigenvalue weighted by atomic mass is 16.4. The number of hydrogen-bond acceptors (Lipinski definition) is 2. The van der Waals surface area contributed by atoms with Crippen LogP contribution in [-0.2, 0) is 11.2 Å². The summed E-state index contributed by atoms with van der Waals surface area (Å²) in [4.78, 5) is 25.1. The summed E-state index contributed by atoms with van der Waals surface area (Å²) < 4.78 is 0. The van der Waals surface area contributed by atoms with Crippen molar-refractivity contribution in [2.24, 2.45) is 0 Å². The van der Waals surface area contributed by atoms with Crippen LogP contribution in [-0.4, -0.2) is 34.5 Å². The van der Waals surface area contributed by atoms with Crippen LogP contribution in [0.5, 0.6) is 0 Å². The normalized spacial score (nSPS) is 18.9. The molecule has 4 heteroatoms. The molecule has 1 heterocycles. The van der Waals surface area contributed by atoms with Gasteiger partial charge in [-0.3, -0.25) is 4.79 Å². The average Bonchev–Trinajstić information content (AvgIpc) is 2.47. The van der Waals surface area contributed by atoms with E-state index in [0.717, 1.165) is 31.4 Å². The molecule has 4 nitrogen and oxygen atoms in total. The van der Waals surface area contributed by atoms with E-state index in [1.165, 1.54) is 6.42 Å². The van der Waals surface area contributed by atoms with Crippen LogP contribution in [0.2, 0.25) is 0 Å². The largest absolute Gasteiger partial charge is 0.478 e. The van der Waals surface area contributed by atoms with E-state index >= 15 is 0 Å². The van der Waals surface area contributed by atoms with E-state index in [0.29, 0.717) is 12.5 Å².